The Labute approximate surface area is 167 Å². The fourth-order valence-electron chi connectivity index (χ4n) is 4.86. The molecular formula is C23H26N5+. The van der Waals surface area contributed by atoms with Crippen molar-refractivity contribution in [3.05, 3.63) is 47.5 Å². The van der Waals surface area contributed by atoms with E-state index in [4.69, 9.17) is 5.41 Å². The van der Waals surface area contributed by atoms with E-state index in [2.05, 4.69) is 50.3 Å². The standard InChI is InChI=1S/C23H25N5/c1-16(2)10-21-20-13-28(12-17-6-4-3-5-7-17)9-8-18(20)19(11-24)22(27)23(21,14-25)15-26/h3-8,16,19-21,27H,9-10,12-13H2,1-2H3/p+1/t19-,20-,21+/m1/s1. The number of nitrogens with zero attached hydrogens (tertiary/aromatic N) is 3. The summed E-state index contributed by atoms with van der Waals surface area (Å²) in [5, 5.41) is 38.2. The minimum absolute atomic E-state index is 0.0205. The Morgan fingerprint density at radius 3 is 2.43 bits per heavy atom. The van der Waals surface area contributed by atoms with Crippen LogP contribution in [0.5, 0.6) is 0 Å². The average Bonchev–Trinajstić information content (AvgIpc) is 2.70. The summed E-state index contributed by atoms with van der Waals surface area (Å²) in [7, 11) is 0. The van der Waals surface area contributed by atoms with Crippen LogP contribution in [0, 0.1) is 68.5 Å². The van der Waals surface area contributed by atoms with Gasteiger partial charge in [-0.3, -0.25) is 0 Å². The predicted octanol–water partition coefficient (Wildman–Crippen LogP) is 2.50. The molecule has 4 atom stereocenters. The zero-order valence-corrected chi connectivity index (χ0v) is 16.4. The molecule has 0 radical (unpaired) electrons. The largest absolute Gasteiger partial charge is 0.327 e. The van der Waals surface area contributed by atoms with E-state index in [0.717, 1.165) is 25.2 Å². The van der Waals surface area contributed by atoms with Crippen molar-refractivity contribution in [2.45, 2.75) is 26.8 Å². The summed E-state index contributed by atoms with van der Waals surface area (Å²) < 4.78 is 0. The highest BCUT2D eigenvalue weighted by Crippen LogP contribution is 2.49. The van der Waals surface area contributed by atoms with Crippen LogP contribution in [0.15, 0.2) is 42.0 Å². The number of hydrogen-bond donors (Lipinski definition) is 2. The molecule has 0 spiro atoms. The third kappa shape index (κ3) is 3.33. The van der Waals surface area contributed by atoms with Gasteiger partial charge in [0, 0.05) is 17.4 Å². The highest BCUT2D eigenvalue weighted by molar-refractivity contribution is 5.99. The molecule has 0 aromatic heterocycles. The predicted molar refractivity (Wildman–Crippen MR) is 106 cm³/mol. The molecule has 0 bridgehead atoms. The maximum absolute atomic E-state index is 9.95. The molecule has 0 amide bonds. The van der Waals surface area contributed by atoms with Crippen molar-refractivity contribution in [2.24, 2.45) is 29.1 Å². The van der Waals surface area contributed by atoms with Crippen LogP contribution in [0.3, 0.4) is 0 Å². The fraction of sp³-hybridized carbons (Fsp3) is 0.478. The molecule has 1 unspecified atom stereocenters. The van der Waals surface area contributed by atoms with Gasteiger partial charge in [0.1, 0.15) is 12.5 Å². The van der Waals surface area contributed by atoms with Crippen LogP contribution in [-0.2, 0) is 6.54 Å². The van der Waals surface area contributed by atoms with Crippen molar-refractivity contribution < 1.29 is 4.90 Å². The summed E-state index contributed by atoms with van der Waals surface area (Å²) >= 11 is 0. The third-order valence-corrected chi connectivity index (χ3v) is 6.16. The number of hydrogen-bond acceptors (Lipinski definition) is 4. The summed E-state index contributed by atoms with van der Waals surface area (Å²) in [6.07, 6.45) is 2.79. The van der Waals surface area contributed by atoms with Gasteiger partial charge in [0.2, 0.25) is 0 Å². The SMILES string of the molecule is CC(C)C[C@H]1[C@@H]2C[NH+](Cc3ccccc3)CC=C2[C@@H](C#N)C(=N)C1(C#N)C#N. The topological polar surface area (TPSA) is 99.7 Å². The average molecular weight is 372 g/mol. The lowest BCUT2D eigenvalue weighted by Crippen LogP contribution is -3.12. The first-order chi connectivity index (χ1) is 13.5. The molecule has 142 valence electrons. The molecule has 1 aliphatic carbocycles. The molecule has 5 nitrogen and oxygen atoms in total. The summed E-state index contributed by atoms with van der Waals surface area (Å²) in [5.41, 5.74) is 0.666. The molecule has 1 fully saturated rings. The number of quaternary nitrogens is 1. The lowest BCUT2D eigenvalue weighted by atomic mass is 9.54. The lowest BCUT2D eigenvalue weighted by Gasteiger charge is -2.46. The van der Waals surface area contributed by atoms with E-state index < -0.39 is 11.3 Å². The van der Waals surface area contributed by atoms with E-state index in [1.807, 2.05) is 18.2 Å². The summed E-state index contributed by atoms with van der Waals surface area (Å²) in [5.74, 6) is -0.728. The Morgan fingerprint density at radius 2 is 1.86 bits per heavy atom. The molecule has 1 saturated carbocycles. The van der Waals surface area contributed by atoms with Crippen LogP contribution in [0.4, 0.5) is 0 Å². The van der Waals surface area contributed by atoms with Gasteiger partial charge in [0.25, 0.3) is 0 Å². The minimum Gasteiger partial charge on any atom is -0.327 e. The van der Waals surface area contributed by atoms with Crippen LogP contribution in [-0.4, -0.2) is 18.8 Å². The summed E-state index contributed by atoms with van der Waals surface area (Å²) in [6, 6.07) is 16.8. The molecule has 5 heteroatoms. The number of fused-ring (bicyclic) bond motifs is 1. The molecule has 1 aromatic rings. The maximum atomic E-state index is 9.95. The summed E-state index contributed by atoms with van der Waals surface area (Å²) in [4.78, 5) is 1.36. The second kappa shape index (κ2) is 7.97. The Kier molecular flexibility index (Phi) is 5.64. The zero-order chi connectivity index (χ0) is 20.3. The van der Waals surface area contributed by atoms with Gasteiger partial charge in [0.15, 0.2) is 5.41 Å². The summed E-state index contributed by atoms with van der Waals surface area (Å²) in [6.45, 7) is 6.62. The first kappa shape index (κ1) is 19.8. The van der Waals surface area contributed by atoms with Crippen LogP contribution in [0.1, 0.15) is 25.8 Å². The quantitative estimate of drug-likeness (QED) is 0.794. The van der Waals surface area contributed by atoms with Crippen LogP contribution >= 0.6 is 0 Å². The van der Waals surface area contributed by atoms with E-state index in [1.165, 1.54) is 10.5 Å². The van der Waals surface area contributed by atoms with Crippen molar-refractivity contribution in [2.75, 3.05) is 13.1 Å². The van der Waals surface area contributed by atoms with Crippen LogP contribution in [0.25, 0.3) is 0 Å². The van der Waals surface area contributed by atoms with E-state index >= 15 is 0 Å². The Balaban J connectivity index is 2.00. The first-order valence-corrected chi connectivity index (χ1v) is 9.85. The molecular weight excluding hydrogens is 346 g/mol. The number of rotatable bonds is 4. The monoisotopic (exact) mass is 372 g/mol. The van der Waals surface area contributed by atoms with E-state index in [1.54, 1.807) is 0 Å². The smallest absolute Gasteiger partial charge is 0.185 e. The van der Waals surface area contributed by atoms with Gasteiger partial charge in [-0.25, -0.2) is 0 Å². The molecule has 1 heterocycles. The van der Waals surface area contributed by atoms with Gasteiger partial charge in [-0.05, 0) is 24.0 Å². The second-order valence-electron chi connectivity index (χ2n) is 8.37. The number of benzene rings is 1. The fourth-order valence-corrected chi connectivity index (χ4v) is 4.86. The first-order valence-electron chi connectivity index (χ1n) is 9.85. The molecule has 0 saturated heterocycles. The van der Waals surface area contributed by atoms with E-state index in [0.29, 0.717) is 12.3 Å². The molecule has 2 N–H and O–H groups in total. The Morgan fingerprint density at radius 1 is 1.18 bits per heavy atom. The van der Waals surface area contributed by atoms with E-state index in [-0.39, 0.29) is 17.5 Å². The molecule has 28 heavy (non-hydrogen) atoms. The highest BCUT2D eigenvalue weighted by Gasteiger charge is 2.57. The van der Waals surface area contributed by atoms with Crippen molar-refractivity contribution >= 4 is 5.71 Å². The van der Waals surface area contributed by atoms with Crippen molar-refractivity contribution in [1.82, 2.24) is 0 Å². The van der Waals surface area contributed by atoms with Crippen LogP contribution < -0.4 is 4.90 Å². The normalized spacial score (nSPS) is 28.4. The van der Waals surface area contributed by atoms with Gasteiger partial charge in [-0.1, -0.05) is 44.2 Å². The van der Waals surface area contributed by atoms with Crippen molar-refractivity contribution in [1.29, 1.82) is 21.2 Å². The second-order valence-corrected chi connectivity index (χ2v) is 8.37. The van der Waals surface area contributed by atoms with E-state index in [9.17, 15) is 15.8 Å². The van der Waals surface area contributed by atoms with Crippen molar-refractivity contribution in [3.63, 3.8) is 0 Å². The van der Waals surface area contributed by atoms with Gasteiger partial charge < -0.3 is 10.3 Å². The van der Waals surface area contributed by atoms with Gasteiger partial charge in [0.05, 0.1) is 37.0 Å². The van der Waals surface area contributed by atoms with Gasteiger partial charge in [-0.2, -0.15) is 15.8 Å². The van der Waals surface area contributed by atoms with Gasteiger partial charge in [-0.15, -0.1) is 0 Å². The Bertz CT molecular complexity index is 880. The third-order valence-electron chi connectivity index (χ3n) is 6.16. The zero-order valence-electron chi connectivity index (χ0n) is 16.4. The lowest BCUT2D eigenvalue weighted by molar-refractivity contribution is -0.913. The minimum atomic E-state index is -1.51. The van der Waals surface area contributed by atoms with Crippen molar-refractivity contribution in [3.8, 4) is 18.2 Å². The molecule has 3 rings (SSSR count). The van der Waals surface area contributed by atoms with Crippen LogP contribution in [0.2, 0.25) is 0 Å². The maximum Gasteiger partial charge on any atom is 0.185 e. The molecule has 2 aliphatic rings. The molecule has 1 aliphatic heterocycles. The molecule has 1 aromatic carbocycles. The number of nitrogens with one attached hydrogen (secondary N) is 2. The highest BCUT2D eigenvalue weighted by atomic mass is 15.1. The Hall–Kier alpha value is -2.94. The van der Waals surface area contributed by atoms with Gasteiger partial charge >= 0.3 is 0 Å². The number of nitriles is 3.